The van der Waals surface area contributed by atoms with Gasteiger partial charge in [0.2, 0.25) is 0 Å². The number of ether oxygens (including phenoxy) is 1. The van der Waals surface area contributed by atoms with Gasteiger partial charge < -0.3 is 14.9 Å². The van der Waals surface area contributed by atoms with Crippen LogP contribution in [-0.4, -0.2) is 39.9 Å². The Morgan fingerprint density at radius 2 is 2.38 bits per heavy atom. The molecule has 0 amide bonds. The van der Waals surface area contributed by atoms with E-state index in [2.05, 4.69) is 6.58 Å². The number of carbonyl (C=O) groups is 1. The smallest absolute Gasteiger partial charge is 0.170 e. The summed E-state index contributed by atoms with van der Waals surface area (Å²) in [6.07, 6.45) is -0.564. The summed E-state index contributed by atoms with van der Waals surface area (Å²) < 4.78 is 5.32. The number of carbonyl (C=O) groups excluding carboxylic acids is 1. The molecule has 0 radical (unpaired) electrons. The molecule has 0 saturated carbocycles. The SMILES string of the molecule is C=CC[C@]12O[C@H](CC1=O)[C@@H](O)[C@H]2O. The van der Waals surface area contributed by atoms with Crippen molar-refractivity contribution in [1.82, 2.24) is 0 Å². The second-order valence-corrected chi connectivity index (χ2v) is 3.60. The lowest BCUT2D eigenvalue weighted by atomic mass is 9.81. The van der Waals surface area contributed by atoms with Crippen molar-refractivity contribution in [3.05, 3.63) is 12.7 Å². The molecule has 2 aliphatic rings. The highest BCUT2D eigenvalue weighted by molar-refractivity contribution is 5.92. The Hall–Kier alpha value is -0.710. The van der Waals surface area contributed by atoms with E-state index in [-0.39, 0.29) is 18.6 Å². The lowest BCUT2D eigenvalue weighted by Gasteiger charge is -2.28. The van der Waals surface area contributed by atoms with Crippen LogP contribution in [0.3, 0.4) is 0 Å². The molecule has 0 aromatic rings. The molecule has 4 heteroatoms. The number of ketones is 1. The van der Waals surface area contributed by atoms with Gasteiger partial charge in [-0.3, -0.25) is 4.79 Å². The number of aliphatic hydroxyl groups excluding tert-OH is 2. The summed E-state index contributed by atoms with van der Waals surface area (Å²) in [4.78, 5) is 11.5. The molecule has 2 bridgehead atoms. The predicted molar refractivity (Wildman–Crippen MR) is 44.1 cm³/mol. The molecule has 0 aromatic carbocycles. The van der Waals surface area contributed by atoms with E-state index in [9.17, 15) is 15.0 Å². The predicted octanol–water partition coefficient (Wildman–Crippen LogP) is -0.605. The maximum atomic E-state index is 11.5. The van der Waals surface area contributed by atoms with E-state index < -0.39 is 23.9 Å². The van der Waals surface area contributed by atoms with Crippen molar-refractivity contribution < 1.29 is 19.7 Å². The van der Waals surface area contributed by atoms with Gasteiger partial charge in [0.05, 0.1) is 6.10 Å². The highest BCUT2D eigenvalue weighted by Gasteiger charge is 2.63. The van der Waals surface area contributed by atoms with Gasteiger partial charge in [0.1, 0.15) is 12.2 Å². The lowest BCUT2D eigenvalue weighted by Crippen LogP contribution is -2.51. The third kappa shape index (κ3) is 0.935. The van der Waals surface area contributed by atoms with Crippen LogP contribution in [0, 0.1) is 0 Å². The van der Waals surface area contributed by atoms with E-state index >= 15 is 0 Å². The van der Waals surface area contributed by atoms with Gasteiger partial charge in [0.25, 0.3) is 0 Å². The van der Waals surface area contributed by atoms with Gasteiger partial charge in [-0.25, -0.2) is 0 Å². The van der Waals surface area contributed by atoms with Crippen LogP contribution in [0.15, 0.2) is 12.7 Å². The van der Waals surface area contributed by atoms with E-state index in [1.54, 1.807) is 0 Å². The average molecular weight is 184 g/mol. The van der Waals surface area contributed by atoms with E-state index in [0.29, 0.717) is 0 Å². The summed E-state index contributed by atoms with van der Waals surface area (Å²) in [5.41, 5.74) is -1.20. The van der Waals surface area contributed by atoms with Gasteiger partial charge in [-0.1, -0.05) is 6.08 Å². The van der Waals surface area contributed by atoms with Gasteiger partial charge in [0, 0.05) is 12.8 Å². The van der Waals surface area contributed by atoms with Crippen LogP contribution in [0.1, 0.15) is 12.8 Å². The van der Waals surface area contributed by atoms with Crippen molar-refractivity contribution in [2.45, 2.75) is 36.8 Å². The number of hydrogen-bond acceptors (Lipinski definition) is 4. The van der Waals surface area contributed by atoms with Crippen molar-refractivity contribution in [3.8, 4) is 0 Å². The number of hydrogen-bond donors (Lipinski definition) is 2. The van der Waals surface area contributed by atoms with E-state index in [1.165, 1.54) is 6.08 Å². The standard InChI is InChI=1S/C9H12O4/c1-2-3-9-6(10)4-5(13-9)7(11)8(9)12/h2,5,7-8,11-12H,1,3-4H2/t5-,7-,8-,9+/m1/s1. The number of Topliss-reactive ketones (excluding diaryl/α,β-unsaturated/α-hetero) is 1. The minimum Gasteiger partial charge on any atom is -0.388 e. The molecule has 2 aliphatic heterocycles. The summed E-state index contributed by atoms with van der Waals surface area (Å²) in [7, 11) is 0. The average Bonchev–Trinajstić information content (AvgIpc) is 2.51. The van der Waals surface area contributed by atoms with Gasteiger partial charge in [-0.05, 0) is 0 Å². The highest BCUT2D eigenvalue weighted by atomic mass is 16.6. The van der Waals surface area contributed by atoms with Crippen LogP contribution in [0.5, 0.6) is 0 Å². The molecule has 4 atom stereocenters. The minimum atomic E-state index is -1.20. The van der Waals surface area contributed by atoms with Crippen molar-refractivity contribution in [3.63, 3.8) is 0 Å². The topological polar surface area (TPSA) is 66.8 Å². The van der Waals surface area contributed by atoms with E-state index in [0.717, 1.165) is 0 Å². The van der Waals surface area contributed by atoms with Crippen LogP contribution in [0.4, 0.5) is 0 Å². The maximum Gasteiger partial charge on any atom is 0.170 e. The summed E-state index contributed by atoms with van der Waals surface area (Å²) in [6, 6.07) is 0. The van der Waals surface area contributed by atoms with Crippen molar-refractivity contribution in [2.75, 3.05) is 0 Å². The van der Waals surface area contributed by atoms with Crippen LogP contribution >= 0.6 is 0 Å². The minimum absolute atomic E-state index is 0.129. The first-order chi connectivity index (χ1) is 6.12. The molecule has 0 spiro atoms. The first kappa shape index (κ1) is 8.87. The Morgan fingerprint density at radius 1 is 1.69 bits per heavy atom. The molecule has 4 nitrogen and oxygen atoms in total. The highest BCUT2D eigenvalue weighted by Crippen LogP contribution is 2.43. The van der Waals surface area contributed by atoms with Gasteiger partial charge in [-0.2, -0.15) is 0 Å². The van der Waals surface area contributed by atoms with Crippen LogP contribution in [-0.2, 0) is 9.53 Å². The van der Waals surface area contributed by atoms with Crippen LogP contribution < -0.4 is 0 Å². The molecule has 2 saturated heterocycles. The molecule has 13 heavy (non-hydrogen) atoms. The summed E-state index contributed by atoms with van der Waals surface area (Å²) in [5.74, 6) is -0.129. The quantitative estimate of drug-likeness (QED) is 0.562. The Bertz CT molecular complexity index is 262. The third-order valence-corrected chi connectivity index (χ3v) is 2.85. The van der Waals surface area contributed by atoms with E-state index in [1.807, 2.05) is 0 Å². The zero-order chi connectivity index (χ0) is 9.64. The van der Waals surface area contributed by atoms with E-state index in [4.69, 9.17) is 4.74 Å². The second kappa shape index (κ2) is 2.64. The van der Waals surface area contributed by atoms with Crippen molar-refractivity contribution in [2.24, 2.45) is 0 Å². The Balaban J connectivity index is 2.33. The molecule has 2 fully saturated rings. The van der Waals surface area contributed by atoms with Crippen molar-refractivity contribution in [1.29, 1.82) is 0 Å². The Morgan fingerprint density at radius 3 is 2.92 bits per heavy atom. The molecular formula is C9H12O4. The lowest BCUT2D eigenvalue weighted by molar-refractivity contribution is -0.139. The third-order valence-electron chi connectivity index (χ3n) is 2.85. The summed E-state index contributed by atoms with van der Waals surface area (Å²) >= 11 is 0. The largest absolute Gasteiger partial charge is 0.388 e. The molecule has 2 heterocycles. The molecule has 72 valence electrons. The van der Waals surface area contributed by atoms with Gasteiger partial charge in [0.15, 0.2) is 11.4 Å². The monoisotopic (exact) mass is 184 g/mol. The molecule has 0 aliphatic carbocycles. The number of fused-ring (bicyclic) bond motifs is 2. The van der Waals surface area contributed by atoms with Crippen LogP contribution in [0.2, 0.25) is 0 Å². The molecule has 0 unspecified atom stereocenters. The zero-order valence-corrected chi connectivity index (χ0v) is 7.14. The Labute approximate surface area is 75.8 Å². The normalized spacial score (nSPS) is 48.5. The fourth-order valence-corrected chi connectivity index (χ4v) is 2.13. The second-order valence-electron chi connectivity index (χ2n) is 3.60. The molecular weight excluding hydrogens is 172 g/mol. The zero-order valence-electron chi connectivity index (χ0n) is 7.14. The van der Waals surface area contributed by atoms with Gasteiger partial charge >= 0.3 is 0 Å². The van der Waals surface area contributed by atoms with Gasteiger partial charge in [-0.15, -0.1) is 6.58 Å². The van der Waals surface area contributed by atoms with Crippen molar-refractivity contribution >= 4 is 5.78 Å². The number of aliphatic hydroxyl groups is 2. The summed E-state index contributed by atoms with van der Waals surface area (Å²) in [5, 5.41) is 19.0. The number of rotatable bonds is 2. The summed E-state index contributed by atoms with van der Waals surface area (Å²) in [6.45, 7) is 3.50. The maximum absolute atomic E-state index is 11.5. The van der Waals surface area contributed by atoms with Crippen LogP contribution in [0.25, 0.3) is 0 Å². The molecule has 0 aromatic heterocycles. The first-order valence-corrected chi connectivity index (χ1v) is 4.30. The molecule has 2 N–H and O–H groups in total. The molecule has 2 rings (SSSR count). The fourth-order valence-electron chi connectivity index (χ4n) is 2.13. The fraction of sp³-hybridized carbons (Fsp3) is 0.667. The first-order valence-electron chi connectivity index (χ1n) is 4.30. The Kier molecular flexibility index (Phi) is 1.80.